The van der Waals surface area contributed by atoms with E-state index < -0.39 is 9.84 Å². The Balaban J connectivity index is 1.66. The highest BCUT2D eigenvalue weighted by Crippen LogP contribution is 2.34. The topological polar surface area (TPSA) is 104 Å². The fourth-order valence-corrected chi connectivity index (χ4v) is 3.92. The molecule has 172 valence electrons. The summed E-state index contributed by atoms with van der Waals surface area (Å²) in [4.78, 5) is 7.69. The van der Waals surface area contributed by atoms with Crippen molar-refractivity contribution in [2.75, 3.05) is 20.0 Å². The molecule has 0 aliphatic heterocycles. The second-order valence-electron chi connectivity index (χ2n) is 7.55. The molecule has 0 saturated heterocycles. The Labute approximate surface area is 192 Å². The largest absolute Gasteiger partial charge is 0.488 e. The molecular weight excluding hydrogens is 444 g/mol. The molecule has 4 rings (SSSR count). The van der Waals surface area contributed by atoms with E-state index in [-0.39, 0.29) is 11.0 Å². The molecule has 0 amide bonds. The van der Waals surface area contributed by atoms with Crippen LogP contribution in [-0.2, 0) is 14.6 Å². The number of benzene rings is 2. The number of sulfone groups is 1. The van der Waals surface area contributed by atoms with Gasteiger partial charge in [0.25, 0.3) is 0 Å². The van der Waals surface area contributed by atoms with E-state index in [0.717, 1.165) is 17.0 Å². The van der Waals surface area contributed by atoms with Gasteiger partial charge in [-0.05, 0) is 55.5 Å². The summed E-state index contributed by atoms with van der Waals surface area (Å²) >= 11 is 0. The molecule has 9 heteroatoms. The minimum absolute atomic E-state index is 0.168. The van der Waals surface area contributed by atoms with Gasteiger partial charge in [-0.2, -0.15) is 0 Å². The molecule has 0 spiro atoms. The summed E-state index contributed by atoms with van der Waals surface area (Å²) in [5.74, 6) is 2.13. The number of oxazole rings is 1. The first-order chi connectivity index (χ1) is 15.8. The van der Waals surface area contributed by atoms with Crippen LogP contribution in [0.3, 0.4) is 0 Å². The van der Waals surface area contributed by atoms with Crippen LogP contribution in [0.2, 0.25) is 0 Å². The van der Waals surface area contributed by atoms with E-state index in [1.54, 1.807) is 31.5 Å². The van der Waals surface area contributed by atoms with Crippen LogP contribution < -0.4 is 9.47 Å². The maximum Gasteiger partial charge on any atom is 0.242 e. The molecule has 4 aromatic rings. The lowest BCUT2D eigenvalue weighted by Crippen LogP contribution is -2.17. The van der Waals surface area contributed by atoms with Crippen LogP contribution >= 0.6 is 0 Å². The van der Waals surface area contributed by atoms with Crippen molar-refractivity contribution in [2.24, 2.45) is 0 Å². The average molecular weight is 469 g/mol. The smallest absolute Gasteiger partial charge is 0.242 e. The van der Waals surface area contributed by atoms with Gasteiger partial charge in [-0.3, -0.25) is 0 Å². The molecule has 0 aliphatic carbocycles. The minimum atomic E-state index is -3.28. The predicted octanol–water partition coefficient (Wildman–Crippen LogP) is 4.95. The Hall–Kier alpha value is -3.56. The Morgan fingerprint density at radius 1 is 1.00 bits per heavy atom. The maximum atomic E-state index is 11.7. The summed E-state index contributed by atoms with van der Waals surface area (Å²) in [5, 5.41) is 0. The summed E-state index contributed by atoms with van der Waals surface area (Å²) in [7, 11) is -1.66. The Kier molecular flexibility index (Phi) is 6.52. The zero-order valence-corrected chi connectivity index (χ0v) is 19.3. The molecule has 2 heterocycles. The number of H-pyrrole nitrogens is 1. The third-order valence-corrected chi connectivity index (χ3v) is 5.89. The van der Waals surface area contributed by atoms with Gasteiger partial charge in [0.1, 0.15) is 35.3 Å². The number of aromatic amines is 1. The number of nitrogens with one attached hydrogen (secondary N) is 1. The van der Waals surface area contributed by atoms with Crippen LogP contribution in [0.5, 0.6) is 17.2 Å². The van der Waals surface area contributed by atoms with Crippen LogP contribution in [0.25, 0.3) is 22.8 Å². The van der Waals surface area contributed by atoms with Gasteiger partial charge in [-0.15, -0.1) is 0 Å². The normalized spacial score (nSPS) is 12.5. The molecule has 33 heavy (non-hydrogen) atoms. The Morgan fingerprint density at radius 2 is 1.73 bits per heavy atom. The number of ether oxygens (including phenoxy) is 3. The summed E-state index contributed by atoms with van der Waals surface area (Å²) in [6.45, 7) is 2.35. The fourth-order valence-electron chi connectivity index (χ4n) is 3.29. The molecule has 2 aromatic heterocycles. The summed E-state index contributed by atoms with van der Waals surface area (Å²) < 4.78 is 46.0. The molecule has 0 saturated carbocycles. The number of hydrogen-bond acceptors (Lipinski definition) is 7. The van der Waals surface area contributed by atoms with Crippen LogP contribution in [0, 0.1) is 0 Å². The highest BCUT2D eigenvalue weighted by Gasteiger charge is 2.13. The highest BCUT2D eigenvalue weighted by atomic mass is 32.2. The fraction of sp³-hybridized carbons (Fsp3) is 0.208. The highest BCUT2D eigenvalue weighted by molar-refractivity contribution is 7.90. The first kappa shape index (κ1) is 22.6. The first-order valence-corrected chi connectivity index (χ1v) is 12.1. The monoisotopic (exact) mass is 468 g/mol. The van der Waals surface area contributed by atoms with Gasteiger partial charge in [0.05, 0.1) is 17.7 Å². The molecule has 0 unspecified atom stereocenters. The zero-order valence-electron chi connectivity index (χ0n) is 18.4. The molecule has 0 aliphatic rings. The lowest BCUT2D eigenvalue weighted by molar-refractivity contribution is 0.0920. The van der Waals surface area contributed by atoms with Crippen molar-refractivity contribution in [2.45, 2.75) is 17.9 Å². The SMILES string of the molecule is COC[C@H](C)Oc1cc(Oc2ccc(S(C)(=O)=O)cc2)cc(-c2ccc(-c3ncco3)[nH]2)c1. The Bertz CT molecular complexity index is 1310. The van der Waals surface area contributed by atoms with Gasteiger partial charge in [0.15, 0.2) is 9.84 Å². The van der Waals surface area contributed by atoms with Gasteiger partial charge in [0.2, 0.25) is 5.89 Å². The molecule has 0 radical (unpaired) electrons. The van der Waals surface area contributed by atoms with Gasteiger partial charge in [-0.25, -0.2) is 13.4 Å². The lowest BCUT2D eigenvalue weighted by Gasteiger charge is -2.16. The maximum absolute atomic E-state index is 11.7. The van der Waals surface area contributed by atoms with Crippen molar-refractivity contribution in [1.29, 1.82) is 0 Å². The quantitative estimate of drug-likeness (QED) is 0.371. The number of aromatic nitrogens is 2. The van der Waals surface area contributed by atoms with Crippen molar-refractivity contribution >= 4 is 9.84 Å². The second-order valence-corrected chi connectivity index (χ2v) is 9.56. The number of methoxy groups -OCH3 is 1. The van der Waals surface area contributed by atoms with Crippen molar-refractivity contribution in [3.8, 4) is 40.1 Å². The van der Waals surface area contributed by atoms with Gasteiger partial charge in [0, 0.05) is 30.7 Å². The van der Waals surface area contributed by atoms with Crippen molar-refractivity contribution < 1.29 is 27.0 Å². The molecular formula is C24H24N2O6S. The van der Waals surface area contributed by atoms with Crippen molar-refractivity contribution in [3.05, 3.63) is 67.1 Å². The molecule has 1 atom stereocenters. The molecule has 0 bridgehead atoms. The third kappa shape index (κ3) is 5.63. The van der Waals surface area contributed by atoms with Crippen LogP contribution in [-0.4, -0.2) is 44.5 Å². The lowest BCUT2D eigenvalue weighted by atomic mass is 10.1. The van der Waals surface area contributed by atoms with Crippen molar-refractivity contribution in [3.63, 3.8) is 0 Å². The standard InChI is InChI=1S/C24H24N2O6S/c1-16(15-29-2)31-19-12-17(22-8-9-23(26-22)24-25-10-11-30-24)13-20(14-19)32-18-4-6-21(7-5-18)33(3,27)28/h4-14,16,26H,15H2,1-3H3/t16-/m0/s1. The number of rotatable bonds is 9. The van der Waals surface area contributed by atoms with E-state index in [9.17, 15) is 8.42 Å². The Morgan fingerprint density at radius 3 is 2.39 bits per heavy atom. The number of hydrogen-bond donors (Lipinski definition) is 1. The first-order valence-electron chi connectivity index (χ1n) is 10.2. The summed E-state index contributed by atoms with van der Waals surface area (Å²) in [5.41, 5.74) is 2.40. The molecule has 2 aromatic carbocycles. The van der Waals surface area contributed by atoms with Gasteiger partial charge >= 0.3 is 0 Å². The van der Waals surface area contributed by atoms with E-state index in [2.05, 4.69) is 9.97 Å². The van der Waals surface area contributed by atoms with E-state index in [0.29, 0.717) is 29.7 Å². The van der Waals surface area contributed by atoms with E-state index in [4.69, 9.17) is 18.6 Å². The molecule has 0 fully saturated rings. The van der Waals surface area contributed by atoms with Crippen LogP contribution in [0.4, 0.5) is 0 Å². The van der Waals surface area contributed by atoms with Gasteiger partial charge in [-0.1, -0.05) is 0 Å². The summed E-state index contributed by atoms with van der Waals surface area (Å²) in [6.07, 6.45) is 4.10. The van der Waals surface area contributed by atoms with E-state index in [1.807, 2.05) is 31.2 Å². The van der Waals surface area contributed by atoms with Gasteiger partial charge < -0.3 is 23.6 Å². The number of nitrogens with zero attached hydrogens (tertiary/aromatic N) is 1. The third-order valence-electron chi connectivity index (χ3n) is 4.77. The van der Waals surface area contributed by atoms with E-state index in [1.165, 1.54) is 24.7 Å². The molecule has 8 nitrogen and oxygen atoms in total. The zero-order chi connectivity index (χ0) is 23.4. The van der Waals surface area contributed by atoms with E-state index >= 15 is 0 Å². The van der Waals surface area contributed by atoms with Crippen LogP contribution in [0.15, 0.2) is 76.4 Å². The summed E-state index contributed by atoms with van der Waals surface area (Å²) in [6, 6.07) is 15.6. The molecule has 1 N–H and O–H groups in total. The van der Waals surface area contributed by atoms with Crippen LogP contribution in [0.1, 0.15) is 6.92 Å². The predicted molar refractivity (Wildman–Crippen MR) is 123 cm³/mol. The second kappa shape index (κ2) is 9.51. The average Bonchev–Trinajstić information content (AvgIpc) is 3.45. The minimum Gasteiger partial charge on any atom is -0.488 e. The van der Waals surface area contributed by atoms with Crippen molar-refractivity contribution in [1.82, 2.24) is 9.97 Å².